The third kappa shape index (κ3) is 8.06. The number of likely N-dealkylation sites (tertiary alicyclic amines) is 1. The molecule has 4 amide bonds. The minimum Gasteiger partial charge on any atom is -0.481 e. The van der Waals surface area contributed by atoms with Crippen LogP contribution in [0.25, 0.3) is 0 Å². The van der Waals surface area contributed by atoms with Crippen LogP contribution >= 0.6 is 0 Å². The van der Waals surface area contributed by atoms with E-state index < -0.39 is 66.2 Å². The Bertz CT molecular complexity index is 951. The largest absolute Gasteiger partial charge is 0.481 e. The normalized spacial score (nSPS) is 17.7. The van der Waals surface area contributed by atoms with Gasteiger partial charge in [0.2, 0.25) is 23.6 Å². The van der Waals surface area contributed by atoms with E-state index in [4.69, 9.17) is 16.6 Å². The summed E-state index contributed by atoms with van der Waals surface area (Å²) in [5.74, 6) is -5.71. The van der Waals surface area contributed by atoms with E-state index in [9.17, 15) is 33.9 Å². The molecular weight excluding hydrogens is 466 g/mol. The number of amides is 4. The second kappa shape index (κ2) is 12.5. The molecule has 1 fully saturated rings. The maximum Gasteiger partial charge on any atom is 0.326 e. The Morgan fingerprint density at radius 2 is 1.89 bits per heavy atom. The molecule has 0 spiro atoms. The number of aromatic nitrogens is 2. The Kier molecular flexibility index (Phi) is 9.69. The van der Waals surface area contributed by atoms with Gasteiger partial charge in [0.05, 0.1) is 18.8 Å². The number of nitrogens with zero attached hydrogens (tertiary/aromatic N) is 2. The molecule has 0 aliphatic carbocycles. The zero-order valence-electron chi connectivity index (χ0n) is 18.8. The summed E-state index contributed by atoms with van der Waals surface area (Å²) in [6.07, 6.45) is 2.52. The van der Waals surface area contributed by atoms with Crippen molar-refractivity contribution in [2.45, 2.75) is 62.7 Å². The van der Waals surface area contributed by atoms with Gasteiger partial charge in [0, 0.05) is 31.3 Å². The van der Waals surface area contributed by atoms with Crippen molar-refractivity contribution in [3.8, 4) is 0 Å². The number of carboxylic acids is 2. The number of carboxylic acid groups (broad SMARTS) is 2. The fourth-order valence-corrected chi connectivity index (χ4v) is 3.68. The summed E-state index contributed by atoms with van der Waals surface area (Å²) in [5.41, 5.74) is 11.4. The van der Waals surface area contributed by atoms with Crippen molar-refractivity contribution in [1.29, 1.82) is 0 Å². The number of carbonyl (C=O) groups excluding carboxylic acids is 4. The van der Waals surface area contributed by atoms with Crippen LogP contribution in [0.5, 0.6) is 0 Å². The van der Waals surface area contributed by atoms with E-state index in [2.05, 4.69) is 20.6 Å². The lowest BCUT2D eigenvalue weighted by molar-refractivity contribution is -0.147. The average Bonchev–Trinajstić information content (AvgIpc) is 3.47. The number of imidazole rings is 1. The van der Waals surface area contributed by atoms with E-state index in [0.29, 0.717) is 18.5 Å². The number of hydrogen-bond donors (Lipinski definition) is 7. The summed E-state index contributed by atoms with van der Waals surface area (Å²) < 4.78 is 0. The van der Waals surface area contributed by atoms with E-state index in [1.54, 1.807) is 0 Å². The number of nitrogens with two attached hydrogens (primary N) is 2. The third-order valence-electron chi connectivity index (χ3n) is 5.46. The van der Waals surface area contributed by atoms with Gasteiger partial charge in [0.25, 0.3) is 0 Å². The molecule has 15 nitrogen and oxygen atoms in total. The van der Waals surface area contributed by atoms with Crippen molar-refractivity contribution >= 4 is 35.6 Å². The van der Waals surface area contributed by atoms with Gasteiger partial charge in [-0.2, -0.15) is 0 Å². The highest BCUT2D eigenvalue weighted by molar-refractivity contribution is 5.95. The Morgan fingerprint density at radius 1 is 1.17 bits per heavy atom. The lowest BCUT2D eigenvalue weighted by Crippen LogP contribution is -2.57. The molecule has 1 saturated heterocycles. The summed E-state index contributed by atoms with van der Waals surface area (Å²) in [6.45, 7) is 0.248. The molecule has 2 heterocycles. The number of hydrogen-bond acceptors (Lipinski definition) is 8. The van der Waals surface area contributed by atoms with Gasteiger partial charge < -0.3 is 42.2 Å². The Morgan fingerprint density at radius 3 is 2.46 bits per heavy atom. The van der Waals surface area contributed by atoms with E-state index in [0.717, 1.165) is 0 Å². The van der Waals surface area contributed by atoms with E-state index >= 15 is 0 Å². The molecule has 15 heteroatoms. The van der Waals surface area contributed by atoms with Gasteiger partial charge >= 0.3 is 11.9 Å². The quantitative estimate of drug-likeness (QED) is 0.147. The van der Waals surface area contributed by atoms with Crippen LogP contribution in [0.3, 0.4) is 0 Å². The summed E-state index contributed by atoms with van der Waals surface area (Å²) >= 11 is 0. The highest BCUT2D eigenvalue weighted by atomic mass is 16.4. The van der Waals surface area contributed by atoms with Crippen LogP contribution in [0.15, 0.2) is 12.5 Å². The summed E-state index contributed by atoms with van der Waals surface area (Å²) in [5, 5.41) is 22.8. The Labute approximate surface area is 199 Å². The highest BCUT2D eigenvalue weighted by Crippen LogP contribution is 2.19. The third-order valence-corrected chi connectivity index (χ3v) is 5.46. The van der Waals surface area contributed by atoms with Gasteiger partial charge in [-0.3, -0.25) is 24.0 Å². The minimum atomic E-state index is -1.71. The van der Waals surface area contributed by atoms with E-state index in [-0.39, 0.29) is 25.8 Å². The summed E-state index contributed by atoms with van der Waals surface area (Å²) in [6, 6.07) is -4.98. The molecule has 1 aliphatic rings. The second-order valence-corrected chi connectivity index (χ2v) is 8.14. The molecule has 1 aromatic heterocycles. The van der Waals surface area contributed by atoms with Crippen LogP contribution in [-0.2, 0) is 35.2 Å². The topological polar surface area (TPSA) is 251 Å². The van der Waals surface area contributed by atoms with Gasteiger partial charge in [-0.25, -0.2) is 9.78 Å². The van der Waals surface area contributed by atoms with Crippen LogP contribution in [-0.4, -0.2) is 91.4 Å². The molecule has 1 aromatic rings. The monoisotopic (exact) mass is 495 g/mol. The Balaban J connectivity index is 2.14. The molecular formula is C20H29N7O8. The zero-order valence-corrected chi connectivity index (χ0v) is 18.8. The maximum atomic E-state index is 13.1. The van der Waals surface area contributed by atoms with Crippen molar-refractivity contribution in [1.82, 2.24) is 25.5 Å². The first-order valence-electron chi connectivity index (χ1n) is 10.9. The molecule has 0 saturated carbocycles. The van der Waals surface area contributed by atoms with Crippen molar-refractivity contribution in [2.24, 2.45) is 11.5 Å². The fraction of sp³-hybridized carbons (Fsp3) is 0.550. The number of aliphatic carboxylic acids is 2. The predicted molar refractivity (Wildman–Crippen MR) is 117 cm³/mol. The van der Waals surface area contributed by atoms with Crippen LogP contribution in [0.1, 0.15) is 37.8 Å². The molecule has 4 atom stereocenters. The number of aromatic amines is 1. The fourth-order valence-electron chi connectivity index (χ4n) is 3.68. The first-order chi connectivity index (χ1) is 16.5. The highest BCUT2D eigenvalue weighted by Gasteiger charge is 2.38. The van der Waals surface area contributed by atoms with Crippen LogP contribution in [0.4, 0.5) is 0 Å². The number of nitrogens with one attached hydrogen (secondary N) is 3. The number of carbonyl (C=O) groups is 6. The van der Waals surface area contributed by atoms with Crippen LogP contribution in [0.2, 0.25) is 0 Å². The lowest BCUT2D eigenvalue weighted by atomic mass is 10.1. The standard InChI is InChI=1S/C20H29N7O8/c21-11(3-4-15(22)28)19(33)27-5-1-2-14(27)18(32)25-12(6-10-8-23-9-24-10)17(31)26-13(20(34)35)7-16(29)30/h8-9,11-14H,1-7,21H2,(H2,22,28)(H,23,24)(H,25,32)(H,26,31)(H,29,30)(H,34,35). The van der Waals surface area contributed by atoms with Crippen molar-refractivity contribution < 1.29 is 39.0 Å². The molecule has 9 N–H and O–H groups in total. The van der Waals surface area contributed by atoms with Gasteiger partial charge in [-0.1, -0.05) is 0 Å². The van der Waals surface area contributed by atoms with Gasteiger partial charge in [-0.05, 0) is 19.3 Å². The SMILES string of the molecule is NC(=O)CCC(N)C(=O)N1CCCC1C(=O)NC(Cc1cnc[nH]1)C(=O)NC(CC(=O)O)C(=O)O. The van der Waals surface area contributed by atoms with Gasteiger partial charge in [0.15, 0.2) is 0 Å². The van der Waals surface area contributed by atoms with Crippen molar-refractivity contribution in [3.05, 3.63) is 18.2 Å². The van der Waals surface area contributed by atoms with Crippen LogP contribution < -0.4 is 22.1 Å². The summed E-state index contributed by atoms with van der Waals surface area (Å²) in [4.78, 5) is 79.8. The second-order valence-electron chi connectivity index (χ2n) is 8.14. The number of H-pyrrole nitrogens is 1. The smallest absolute Gasteiger partial charge is 0.326 e. The van der Waals surface area contributed by atoms with E-state index in [1.165, 1.54) is 17.4 Å². The summed E-state index contributed by atoms with van der Waals surface area (Å²) in [7, 11) is 0. The predicted octanol–water partition coefficient (Wildman–Crippen LogP) is -2.94. The molecule has 0 bridgehead atoms. The van der Waals surface area contributed by atoms with Crippen molar-refractivity contribution in [3.63, 3.8) is 0 Å². The number of primary amides is 1. The first kappa shape index (κ1) is 27.2. The zero-order chi connectivity index (χ0) is 26.1. The van der Waals surface area contributed by atoms with Crippen molar-refractivity contribution in [2.75, 3.05) is 6.54 Å². The molecule has 0 aromatic carbocycles. The molecule has 1 aliphatic heterocycles. The van der Waals surface area contributed by atoms with Crippen LogP contribution in [0, 0.1) is 0 Å². The molecule has 35 heavy (non-hydrogen) atoms. The van der Waals surface area contributed by atoms with Gasteiger partial charge in [0.1, 0.15) is 18.1 Å². The first-order valence-corrected chi connectivity index (χ1v) is 10.9. The molecule has 2 rings (SSSR count). The number of rotatable bonds is 13. The van der Waals surface area contributed by atoms with Gasteiger partial charge in [-0.15, -0.1) is 0 Å². The molecule has 0 radical (unpaired) electrons. The minimum absolute atomic E-state index is 0.0179. The maximum absolute atomic E-state index is 13.1. The molecule has 4 unspecified atom stereocenters. The van der Waals surface area contributed by atoms with E-state index in [1.807, 2.05) is 0 Å². The Hall–Kier alpha value is -4.01. The molecule has 192 valence electrons. The lowest BCUT2D eigenvalue weighted by Gasteiger charge is -2.28. The average molecular weight is 495 g/mol.